The average molecular weight is 207 g/mol. The van der Waals surface area contributed by atoms with Crippen LogP contribution in [0, 0.1) is 0 Å². The summed E-state index contributed by atoms with van der Waals surface area (Å²) in [6, 6.07) is 8.27. The highest BCUT2D eigenvalue weighted by atomic mass is 16.2. The van der Waals surface area contributed by atoms with Crippen LogP contribution < -0.4 is 10.9 Å². The molecule has 1 rings (SSSR count). The molecule has 3 amide bonds. The number of hydrogen-bond acceptors (Lipinski definition) is 2. The van der Waals surface area contributed by atoms with Gasteiger partial charge in [0.05, 0.1) is 0 Å². The summed E-state index contributed by atoms with van der Waals surface area (Å²) in [5, 5.41) is 0. The summed E-state index contributed by atoms with van der Waals surface area (Å²) in [4.78, 5) is 23.8. The Morgan fingerprint density at radius 1 is 1.07 bits per heavy atom. The largest absolute Gasteiger partial charge is 0.335 e. The molecule has 0 saturated carbocycles. The van der Waals surface area contributed by atoms with Crippen LogP contribution in [0.15, 0.2) is 30.3 Å². The zero-order valence-corrected chi connectivity index (χ0v) is 8.65. The molecule has 0 aliphatic heterocycles. The first kappa shape index (κ1) is 11.0. The number of nitrogens with zero attached hydrogens (tertiary/aromatic N) is 1. The topological polar surface area (TPSA) is 61.4 Å². The van der Waals surface area contributed by atoms with Gasteiger partial charge in [-0.1, -0.05) is 18.2 Å². The van der Waals surface area contributed by atoms with Crippen molar-refractivity contribution >= 4 is 11.9 Å². The number of urea groups is 1. The Bertz CT molecular complexity index is 349. The lowest BCUT2D eigenvalue weighted by Crippen LogP contribution is -2.46. The number of nitrogens with one attached hydrogen (secondary N) is 2. The van der Waals surface area contributed by atoms with Crippen LogP contribution in [0.25, 0.3) is 0 Å². The first-order valence-corrected chi connectivity index (χ1v) is 4.44. The Balaban J connectivity index is 2.48. The van der Waals surface area contributed by atoms with Gasteiger partial charge >= 0.3 is 6.03 Å². The van der Waals surface area contributed by atoms with Crippen LogP contribution in [0.2, 0.25) is 0 Å². The predicted octanol–water partition coefficient (Wildman–Crippen LogP) is 0.603. The maximum absolute atomic E-state index is 11.4. The fourth-order valence-corrected chi connectivity index (χ4v) is 0.884. The van der Waals surface area contributed by atoms with Gasteiger partial charge in [0.15, 0.2) is 0 Å². The molecule has 0 radical (unpaired) electrons. The Hall–Kier alpha value is -2.04. The van der Waals surface area contributed by atoms with Crippen molar-refractivity contribution in [2.45, 2.75) is 0 Å². The number of hydrazine groups is 1. The van der Waals surface area contributed by atoms with Crippen LogP contribution in [0.4, 0.5) is 4.79 Å². The van der Waals surface area contributed by atoms with Crippen LogP contribution in [0.5, 0.6) is 0 Å². The van der Waals surface area contributed by atoms with Gasteiger partial charge in [0.1, 0.15) is 0 Å². The smallest absolute Gasteiger partial charge is 0.330 e. The SMILES string of the molecule is CN(C)C(=O)NNC(=O)c1ccccc1. The van der Waals surface area contributed by atoms with Crippen molar-refractivity contribution in [3.8, 4) is 0 Å². The maximum Gasteiger partial charge on any atom is 0.335 e. The molecule has 1 aromatic carbocycles. The van der Waals surface area contributed by atoms with Crippen LogP contribution in [0.1, 0.15) is 10.4 Å². The van der Waals surface area contributed by atoms with Gasteiger partial charge in [-0.2, -0.15) is 0 Å². The summed E-state index contributed by atoms with van der Waals surface area (Å²) >= 11 is 0. The summed E-state index contributed by atoms with van der Waals surface area (Å²) in [6.45, 7) is 0. The highest BCUT2D eigenvalue weighted by Crippen LogP contribution is 1.96. The summed E-state index contributed by atoms with van der Waals surface area (Å²) in [7, 11) is 3.17. The van der Waals surface area contributed by atoms with Gasteiger partial charge in [-0.05, 0) is 12.1 Å². The van der Waals surface area contributed by atoms with Crippen LogP contribution >= 0.6 is 0 Å². The lowest BCUT2D eigenvalue weighted by molar-refractivity contribution is 0.0932. The number of hydrogen-bond donors (Lipinski definition) is 2. The van der Waals surface area contributed by atoms with Gasteiger partial charge in [0, 0.05) is 19.7 Å². The van der Waals surface area contributed by atoms with Gasteiger partial charge in [-0.25, -0.2) is 10.2 Å². The first-order valence-electron chi connectivity index (χ1n) is 4.44. The summed E-state index contributed by atoms with van der Waals surface area (Å²) < 4.78 is 0. The molecule has 0 aromatic heterocycles. The average Bonchev–Trinajstić information content (AvgIpc) is 2.26. The van der Waals surface area contributed by atoms with E-state index in [4.69, 9.17) is 0 Å². The van der Waals surface area contributed by atoms with Gasteiger partial charge in [0.25, 0.3) is 5.91 Å². The van der Waals surface area contributed by atoms with E-state index in [-0.39, 0.29) is 11.9 Å². The second-order valence-electron chi connectivity index (χ2n) is 3.14. The molecule has 80 valence electrons. The summed E-state index contributed by atoms with van der Waals surface area (Å²) in [5.74, 6) is -0.342. The summed E-state index contributed by atoms with van der Waals surface area (Å²) in [6.07, 6.45) is 0. The second-order valence-corrected chi connectivity index (χ2v) is 3.14. The third kappa shape index (κ3) is 3.30. The zero-order valence-electron chi connectivity index (χ0n) is 8.65. The second kappa shape index (κ2) is 4.99. The van der Waals surface area contributed by atoms with E-state index in [0.29, 0.717) is 5.56 Å². The van der Waals surface area contributed by atoms with Gasteiger partial charge in [-0.15, -0.1) is 0 Å². The monoisotopic (exact) mass is 207 g/mol. The van der Waals surface area contributed by atoms with Crippen molar-refractivity contribution in [1.29, 1.82) is 0 Å². The van der Waals surface area contributed by atoms with Gasteiger partial charge in [-0.3, -0.25) is 10.2 Å². The molecule has 0 spiro atoms. The molecule has 1 aromatic rings. The van der Waals surface area contributed by atoms with E-state index >= 15 is 0 Å². The van der Waals surface area contributed by atoms with Crippen molar-refractivity contribution in [2.24, 2.45) is 0 Å². The molecular weight excluding hydrogens is 194 g/mol. The highest BCUT2D eigenvalue weighted by Gasteiger charge is 2.06. The fraction of sp³-hybridized carbons (Fsp3) is 0.200. The molecule has 0 aliphatic rings. The standard InChI is InChI=1S/C10H13N3O2/c1-13(2)10(15)12-11-9(14)8-6-4-3-5-7-8/h3-7H,1-2H3,(H,11,14)(H,12,15). The number of rotatable bonds is 1. The highest BCUT2D eigenvalue weighted by molar-refractivity contribution is 5.95. The molecule has 0 bridgehead atoms. The number of carbonyl (C=O) groups excluding carboxylic acids is 2. The molecular formula is C10H13N3O2. The Morgan fingerprint density at radius 3 is 2.20 bits per heavy atom. The van der Waals surface area contributed by atoms with E-state index in [9.17, 15) is 9.59 Å². The molecule has 0 saturated heterocycles. The predicted molar refractivity (Wildman–Crippen MR) is 56.1 cm³/mol. The third-order valence-electron chi connectivity index (χ3n) is 1.73. The van der Waals surface area contributed by atoms with Crippen LogP contribution in [0.3, 0.4) is 0 Å². The van der Waals surface area contributed by atoms with Crippen LogP contribution in [-0.2, 0) is 0 Å². The molecule has 0 fully saturated rings. The lowest BCUT2D eigenvalue weighted by Gasteiger charge is -2.12. The van der Waals surface area contributed by atoms with E-state index < -0.39 is 0 Å². The van der Waals surface area contributed by atoms with E-state index in [1.54, 1.807) is 38.4 Å². The minimum atomic E-state index is -0.376. The van der Waals surface area contributed by atoms with E-state index in [1.165, 1.54) is 4.90 Å². The Morgan fingerprint density at radius 2 is 1.67 bits per heavy atom. The molecule has 5 heteroatoms. The molecule has 15 heavy (non-hydrogen) atoms. The minimum absolute atomic E-state index is 0.342. The van der Waals surface area contributed by atoms with Gasteiger partial charge in [0.2, 0.25) is 0 Å². The third-order valence-corrected chi connectivity index (χ3v) is 1.73. The van der Waals surface area contributed by atoms with Crippen molar-refractivity contribution in [1.82, 2.24) is 15.8 Å². The Kier molecular flexibility index (Phi) is 3.68. The minimum Gasteiger partial charge on any atom is -0.330 e. The van der Waals surface area contributed by atoms with Gasteiger partial charge < -0.3 is 4.90 Å². The molecule has 0 heterocycles. The molecule has 5 nitrogen and oxygen atoms in total. The van der Waals surface area contributed by atoms with Crippen molar-refractivity contribution in [3.05, 3.63) is 35.9 Å². The molecule has 0 aliphatic carbocycles. The quantitative estimate of drug-likeness (QED) is 0.662. The van der Waals surface area contributed by atoms with E-state index in [1.807, 2.05) is 6.07 Å². The van der Waals surface area contributed by atoms with Crippen molar-refractivity contribution in [3.63, 3.8) is 0 Å². The molecule has 2 N–H and O–H groups in total. The van der Waals surface area contributed by atoms with E-state index in [0.717, 1.165) is 0 Å². The molecule has 0 unspecified atom stereocenters. The summed E-state index contributed by atoms with van der Waals surface area (Å²) in [5.41, 5.74) is 5.06. The van der Waals surface area contributed by atoms with Crippen molar-refractivity contribution < 1.29 is 9.59 Å². The fourth-order valence-electron chi connectivity index (χ4n) is 0.884. The van der Waals surface area contributed by atoms with Crippen LogP contribution in [-0.4, -0.2) is 30.9 Å². The first-order chi connectivity index (χ1) is 7.11. The molecule has 0 atom stereocenters. The number of amides is 3. The number of benzene rings is 1. The van der Waals surface area contributed by atoms with E-state index in [2.05, 4.69) is 10.9 Å². The normalized spacial score (nSPS) is 9.20. The Labute approximate surface area is 88.0 Å². The lowest BCUT2D eigenvalue weighted by atomic mass is 10.2. The maximum atomic E-state index is 11.4. The number of carbonyl (C=O) groups is 2. The van der Waals surface area contributed by atoms with Crippen molar-refractivity contribution in [2.75, 3.05) is 14.1 Å². The zero-order chi connectivity index (χ0) is 11.3.